The van der Waals surface area contributed by atoms with Gasteiger partial charge in [0.25, 0.3) is 5.91 Å². The van der Waals surface area contributed by atoms with E-state index in [1.807, 2.05) is 17.5 Å². The van der Waals surface area contributed by atoms with Crippen LogP contribution in [0.2, 0.25) is 0 Å². The molecule has 1 saturated heterocycles. The van der Waals surface area contributed by atoms with Gasteiger partial charge in [-0.05, 0) is 48.6 Å². The third-order valence-corrected chi connectivity index (χ3v) is 7.37. The number of sulfonamides is 1. The average Bonchev–Trinajstić information content (AvgIpc) is 3.41. The van der Waals surface area contributed by atoms with Crippen LogP contribution in [0.5, 0.6) is 0 Å². The minimum absolute atomic E-state index is 0.161. The van der Waals surface area contributed by atoms with E-state index in [1.165, 1.54) is 27.8 Å². The molecule has 7 nitrogen and oxygen atoms in total. The number of rotatable bonds is 5. The zero-order valence-electron chi connectivity index (χ0n) is 15.0. The van der Waals surface area contributed by atoms with Crippen LogP contribution in [-0.4, -0.2) is 36.9 Å². The summed E-state index contributed by atoms with van der Waals surface area (Å²) in [5.41, 5.74) is 0.650. The smallest absolute Gasteiger partial charge is 0.277 e. The molecular weight excluding hydrogens is 398 g/mol. The Labute approximate surface area is 167 Å². The highest BCUT2D eigenvalue weighted by atomic mass is 32.2. The lowest BCUT2D eigenvalue weighted by molar-refractivity contribution is 0.101. The van der Waals surface area contributed by atoms with Gasteiger partial charge in [0.1, 0.15) is 0 Å². The van der Waals surface area contributed by atoms with Gasteiger partial charge in [0, 0.05) is 24.8 Å². The molecule has 9 heteroatoms. The number of aromatic nitrogens is 1. The number of benzene rings is 1. The van der Waals surface area contributed by atoms with Gasteiger partial charge in [0.2, 0.25) is 10.0 Å². The van der Waals surface area contributed by atoms with Gasteiger partial charge in [0.05, 0.1) is 9.77 Å². The first kappa shape index (κ1) is 18.9. The van der Waals surface area contributed by atoms with Crippen LogP contribution in [0.4, 0.5) is 5.69 Å². The van der Waals surface area contributed by atoms with Gasteiger partial charge >= 0.3 is 0 Å². The van der Waals surface area contributed by atoms with Crippen molar-refractivity contribution in [2.45, 2.75) is 24.2 Å². The summed E-state index contributed by atoms with van der Waals surface area (Å²) in [7, 11) is -3.49. The van der Waals surface area contributed by atoms with Crippen molar-refractivity contribution in [2.75, 3.05) is 18.4 Å². The normalized spacial score (nSPS) is 15.4. The van der Waals surface area contributed by atoms with Crippen molar-refractivity contribution in [3.8, 4) is 10.6 Å². The number of piperidine rings is 1. The van der Waals surface area contributed by atoms with E-state index in [0.29, 0.717) is 24.5 Å². The molecule has 1 N–H and O–H groups in total. The molecule has 1 aliphatic rings. The predicted octanol–water partition coefficient (Wildman–Crippen LogP) is 3.83. The molecule has 0 aliphatic carbocycles. The molecule has 1 fully saturated rings. The first-order valence-corrected chi connectivity index (χ1v) is 11.3. The van der Waals surface area contributed by atoms with Gasteiger partial charge in [-0.1, -0.05) is 17.6 Å². The van der Waals surface area contributed by atoms with Crippen molar-refractivity contribution < 1.29 is 17.7 Å². The lowest BCUT2D eigenvalue weighted by Crippen LogP contribution is -2.35. The van der Waals surface area contributed by atoms with Crippen LogP contribution in [0.25, 0.3) is 10.6 Å². The molecule has 2 aromatic heterocycles. The zero-order valence-corrected chi connectivity index (χ0v) is 16.6. The summed E-state index contributed by atoms with van der Waals surface area (Å²) in [4.78, 5) is 13.5. The number of thiophene rings is 1. The van der Waals surface area contributed by atoms with Gasteiger partial charge < -0.3 is 9.84 Å². The van der Waals surface area contributed by atoms with Crippen molar-refractivity contribution in [3.63, 3.8) is 0 Å². The van der Waals surface area contributed by atoms with E-state index in [1.54, 1.807) is 18.2 Å². The summed E-state index contributed by atoms with van der Waals surface area (Å²) in [6.45, 7) is 1.11. The lowest BCUT2D eigenvalue weighted by Gasteiger charge is -2.25. The van der Waals surface area contributed by atoms with E-state index in [-0.39, 0.29) is 10.6 Å². The highest BCUT2D eigenvalue weighted by molar-refractivity contribution is 7.89. The highest BCUT2D eigenvalue weighted by Gasteiger charge is 2.25. The number of anilines is 1. The van der Waals surface area contributed by atoms with Crippen molar-refractivity contribution >= 4 is 33.0 Å². The largest absolute Gasteiger partial charge is 0.355 e. The number of amides is 1. The maximum absolute atomic E-state index is 12.7. The van der Waals surface area contributed by atoms with E-state index in [2.05, 4.69) is 10.5 Å². The summed E-state index contributed by atoms with van der Waals surface area (Å²) >= 11 is 1.49. The molecule has 1 aromatic carbocycles. The molecule has 3 heterocycles. The molecule has 146 valence electrons. The SMILES string of the molecule is O=C(Nc1ccc(S(=O)(=O)N2CCCCC2)cc1)c1cc(-c2cccs2)on1. The van der Waals surface area contributed by atoms with Gasteiger partial charge in [-0.2, -0.15) is 4.31 Å². The van der Waals surface area contributed by atoms with E-state index in [0.717, 1.165) is 24.1 Å². The molecule has 0 atom stereocenters. The minimum Gasteiger partial charge on any atom is -0.355 e. The Hall–Kier alpha value is -2.49. The van der Waals surface area contributed by atoms with Crippen LogP contribution >= 0.6 is 11.3 Å². The second-order valence-corrected chi connectivity index (χ2v) is 9.38. The first-order valence-electron chi connectivity index (χ1n) is 8.96. The fraction of sp³-hybridized carbons (Fsp3) is 0.263. The molecule has 4 rings (SSSR count). The van der Waals surface area contributed by atoms with E-state index >= 15 is 0 Å². The molecule has 28 heavy (non-hydrogen) atoms. The summed E-state index contributed by atoms with van der Waals surface area (Å²) in [5.74, 6) is 0.112. The molecule has 0 radical (unpaired) electrons. The molecule has 0 saturated carbocycles. The Morgan fingerprint density at radius 1 is 1.11 bits per heavy atom. The second kappa shape index (κ2) is 7.86. The molecular formula is C19H19N3O4S2. The Balaban J connectivity index is 1.45. The Kier molecular flexibility index (Phi) is 5.29. The number of hydrogen-bond donors (Lipinski definition) is 1. The van der Waals surface area contributed by atoms with Crippen molar-refractivity contribution in [3.05, 3.63) is 53.5 Å². The maximum Gasteiger partial charge on any atom is 0.277 e. The first-order chi connectivity index (χ1) is 13.5. The fourth-order valence-corrected chi connectivity index (χ4v) is 5.27. The predicted molar refractivity (Wildman–Crippen MR) is 107 cm³/mol. The summed E-state index contributed by atoms with van der Waals surface area (Å²) in [5, 5.41) is 8.43. The third-order valence-electron chi connectivity index (χ3n) is 4.57. The van der Waals surface area contributed by atoms with E-state index < -0.39 is 15.9 Å². The Morgan fingerprint density at radius 2 is 1.86 bits per heavy atom. The van der Waals surface area contributed by atoms with Crippen LogP contribution in [0.1, 0.15) is 29.8 Å². The molecule has 3 aromatic rings. The molecule has 1 aliphatic heterocycles. The Bertz CT molecular complexity index is 1050. The van der Waals surface area contributed by atoms with Gasteiger partial charge in [-0.3, -0.25) is 4.79 Å². The number of carbonyl (C=O) groups is 1. The number of nitrogens with one attached hydrogen (secondary N) is 1. The summed E-state index contributed by atoms with van der Waals surface area (Å²) in [6, 6.07) is 11.5. The van der Waals surface area contributed by atoms with Crippen LogP contribution in [0.15, 0.2) is 57.3 Å². The molecule has 0 unspecified atom stereocenters. The minimum atomic E-state index is -3.49. The summed E-state index contributed by atoms with van der Waals surface area (Å²) in [6.07, 6.45) is 2.84. The van der Waals surface area contributed by atoms with Crippen LogP contribution in [-0.2, 0) is 10.0 Å². The van der Waals surface area contributed by atoms with E-state index in [4.69, 9.17) is 4.52 Å². The number of hydrogen-bond acceptors (Lipinski definition) is 6. The molecule has 0 spiro atoms. The van der Waals surface area contributed by atoms with Crippen LogP contribution < -0.4 is 5.32 Å². The average molecular weight is 418 g/mol. The fourth-order valence-electron chi connectivity index (χ4n) is 3.08. The van der Waals surface area contributed by atoms with Crippen molar-refractivity contribution in [2.24, 2.45) is 0 Å². The lowest BCUT2D eigenvalue weighted by atomic mass is 10.2. The van der Waals surface area contributed by atoms with Crippen molar-refractivity contribution in [1.29, 1.82) is 0 Å². The van der Waals surface area contributed by atoms with Gasteiger partial charge in [-0.15, -0.1) is 11.3 Å². The quantitative estimate of drug-likeness (QED) is 0.681. The second-order valence-electron chi connectivity index (χ2n) is 6.50. The number of nitrogens with zero attached hydrogens (tertiary/aromatic N) is 2. The highest BCUT2D eigenvalue weighted by Crippen LogP contribution is 2.26. The third kappa shape index (κ3) is 3.87. The molecule has 0 bridgehead atoms. The summed E-state index contributed by atoms with van der Waals surface area (Å²) < 4.78 is 32.1. The zero-order chi connectivity index (χ0) is 19.6. The topological polar surface area (TPSA) is 92.5 Å². The van der Waals surface area contributed by atoms with Crippen LogP contribution in [0, 0.1) is 0 Å². The molecule has 1 amide bonds. The standard InChI is InChI=1S/C19H19N3O4S2/c23-19(16-13-17(26-21-16)18-5-4-12-27-18)20-14-6-8-15(9-7-14)28(24,25)22-10-2-1-3-11-22/h4-9,12-13H,1-3,10-11H2,(H,20,23). The van der Waals surface area contributed by atoms with Gasteiger partial charge in [0.15, 0.2) is 11.5 Å². The van der Waals surface area contributed by atoms with Crippen molar-refractivity contribution in [1.82, 2.24) is 9.46 Å². The Morgan fingerprint density at radius 3 is 2.54 bits per heavy atom. The number of carbonyl (C=O) groups excluding carboxylic acids is 1. The monoisotopic (exact) mass is 417 g/mol. The van der Waals surface area contributed by atoms with E-state index in [9.17, 15) is 13.2 Å². The van der Waals surface area contributed by atoms with Gasteiger partial charge in [-0.25, -0.2) is 8.42 Å². The van der Waals surface area contributed by atoms with Crippen LogP contribution in [0.3, 0.4) is 0 Å². The maximum atomic E-state index is 12.7.